The van der Waals surface area contributed by atoms with Crippen molar-refractivity contribution >= 4 is 11.8 Å². The van der Waals surface area contributed by atoms with Gasteiger partial charge in [-0.1, -0.05) is 25.1 Å². The predicted octanol–water partition coefficient (Wildman–Crippen LogP) is 3.40. The van der Waals surface area contributed by atoms with Crippen molar-refractivity contribution in [2.24, 2.45) is 0 Å². The predicted molar refractivity (Wildman–Crippen MR) is 96.6 cm³/mol. The Morgan fingerprint density at radius 3 is 2.68 bits per heavy atom. The van der Waals surface area contributed by atoms with Gasteiger partial charge < -0.3 is 9.80 Å². The Hall–Kier alpha value is -1.91. The van der Waals surface area contributed by atoms with Crippen LogP contribution in [0, 0.1) is 5.82 Å². The molecular formula is C20H29FN2O2. The van der Waals surface area contributed by atoms with Crippen molar-refractivity contribution in [1.29, 1.82) is 0 Å². The Morgan fingerprint density at radius 2 is 2.00 bits per heavy atom. The van der Waals surface area contributed by atoms with Crippen LogP contribution in [0.4, 0.5) is 4.39 Å². The first kappa shape index (κ1) is 19.4. The lowest BCUT2D eigenvalue weighted by molar-refractivity contribution is -0.136. The van der Waals surface area contributed by atoms with Gasteiger partial charge >= 0.3 is 0 Å². The Morgan fingerprint density at radius 1 is 1.24 bits per heavy atom. The number of nitrogens with zero attached hydrogens (tertiary/aromatic N) is 2. The van der Waals surface area contributed by atoms with E-state index in [4.69, 9.17) is 0 Å². The average Bonchev–Trinajstić information content (AvgIpc) is 2.62. The second-order valence-corrected chi connectivity index (χ2v) is 6.74. The van der Waals surface area contributed by atoms with Gasteiger partial charge in [0.1, 0.15) is 5.82 Å². The van der Waals surface area contributed by atoms with Crippen molar-refractivity contribution < 1.29 is 14.0 Å². The maximum atomic E-state index is 13.7. The fourth-order valence-corrected chi connectivity index (χ4v) is 3.51. The van der Waals surface area contributed by atoms with E-state index >= 15 is 0 Å². The molecule has 1 saturated heterocycles. The molecule has 5 heteroatoms. The molecule has 0 spiro atoms. The third-order valence-corrected chi connectivity index (χ3v) is 5.07. The van der Waals surface area contributed by atoms with Gasteiger partial charge in [-0.15, -0.1) is 0 Å². The molecule has 0 saturated carbocycles. The summed E-state index contributed by atoms with van der Waals surface area (Å²) in [7, 11) is 0. The van der Waals surface area contributed by atoms with E-state index in [1.54, 1.807) is 23.1 Å². The van der Waals surface area contributed by atoms with Crippen LogP contribution in [-0.4, -0.2) is 47.3 Å². The number of piperidine rings is 1. The molecule has 0 radical (unpaired) electrons. The van der Waals surface area contributed by atoms with Crippen molar-refractivity contribution in [2.45, 2.75) is 58.4 Å². The highest BCUT2D eigenvalue weighted by Crippen LogP contribution is 2.20. The van der Waals surface area contributed by atoms with E-state index < -0.39 is 0 Å². The number of likely N-dealkylation sites (tertiary alicyclic amines) is 1. The Balaban J connectivity index is 1.87. The summed E-state index contributed by atoms with van der Waals surface area (Å²) in [5.41, 5.74) is 0.599. The molecule has 1 aromatic carbocycles. The second-order valence-electron chi connectivity index (χ2n) is 6.74. The van der Waals surface area contributed by atoms with Crippen molar-refractivity contribution in [3.05, 3.63) is 35.6 Å². The van der Waals surface area contributed by atoms with Crippen LogP contribution in [0.3, 0.4) is 0 Å². The van der Waals surface area contributed by atoms with Gasteiger partial charge in [0, 0.05) is 39.0 Å². The zero-order chi connectivity index (χ0) is 18.2. The van der Waals surface area contributed by atoms with Gasteiger partial charge in [0.05, 0.1) is 0 Å². The number of carbonyl (C=O) groups is 2. The average molecular weight is 348 g/mol. The van der Waals surface area contributed by atoms with Crippen LogP contribution in [0.2, 0.25) is 0 Å². The number of carbonyl (C=O) groups excluding carboxylic acids is 2. The molecule has 2 rings (SSSR count). The molecule has 0 aliphatic carbocycles. The smallest absolute Gasteiger partial charge is 0.224 e. The van der Waals surface area contributed by atoms with E-state index in [1.165, 1.54) is 19.4 Å². The van der Waals surface area contributed by atoms with E-state index in [-0.39, 0.29) is 17.6 Å². The number of rotatable bonds is 7. The van der Waals surface area contributed by atoms with Crippen LogP contribution in [-0.2, 0) is 16.0 Å². The molecular weight excluding hydrogens is 319 g/mol. The van der Waals surface area contributed by atoms with Gasteiger partial charge in [-0.3, -0.25) is 9.59 Å². The third-order valence-electron chi connectivity index (χ3n) is 5.07. The zero-order valence-electron chi connectivity index (χ0n) is 15.3. The highest BCUT2D eigenvalue weighted by molar-refractivity contribution is 5.78. The van der Waals surface area contributed by atoms with Gasteiger partial charge in [0.2, 0.25) is 11.8 Å². The van der Waals surface area contributed by atoms with Crippen molar-refractivity contribution in [1.82, 2.24) is 9.80 Å². The van der Waals surface area contributed by atoms with Gasteiger partial charge in [0.15, 0.2) is 0 Å². The summed E-state index contributed by atoms with van der Waals surface area (Å²) in [6, 6.07) is 6.95. The molecule has 1 unspecified atom stereocenters. The first-order valence-corrected chi connectivity index (χ1v) is 9.31. The minimum atomic E-state index is -0.249. The topological polar surface area (TPSA) is 40.6 Å². The summed E-state index contributed by atoms with van der Waals surface area (Å²) in [6.45, 7) is 5.27. The van der Waals surface area contributed by atoms with Crippen LogP contribution < -0.4 is 0 Å². The van der Waals surface area contributed by atoms with Crippen LogP contribution in [0.1, 0.15) is 51.5 Å². The molecule has 0 N–H and O–H groups in total. The number of hydrogen-bond acceptors (Lipinski definition) is 2. The molecule has 25 heavy (non-hydrogen) atoms. The molecule has 1 aliphatic rings. The second kappa shape index (κ2) is 9.54. The quantitative estimate of drug-likeness (QED) is 0.758. The molecule has 1 aromatic rings. The van der Waals surface area contributed by atoms with Gasteiger partial charge in [-0.25, -0.2) is 4.39 Å². The monoisotopic (exact) mass is 348 g/mol. The summed E-state index contributed by atoms with van der Waals surface area (Å²) in [6.07, 6.45) is 5.10. The lowest BCUT2D eigenvalue weighted by atomic mass is 9.99. The lowest BCUT2D eigenvalue weighted by Crippen LogP contribution is -2.45. The van der Waals surface area contributed by atoms with E-state index in [0.29, 0.717) is 37.5 Å². The molecule has 1 atom stereocenters. The van der Waals surface area contributed by atoms with Crippen LogP contribution >= 0.6 is 0 Å². The van der Waals surface area contributed by atoms with E-state index in [1.807, 2.05) is 4.90 Å². The number of amides is 2. The highest BCUT2D eigenvalue weighted by Gasteiger charge is 2.25. The first-order chi connectivity index (χ1) is 12.0. The number of hydrogen-bond donors (Lipinski definition) is 0. The lowest BCUT2D eigenvalue weighted by Gasteiger charge is -2.35. The molecule has 0 aromatic heterocycles. The molecule has 1 heterocycles. The standard InChI is InChI=1S/C20H29FN2O2/c1-3-18-9-6-7-13-23(18)20(25)12-15-22(16(2)24)14-11-17-8-4-5-10-19(17)21/h4-5,8,10,18H,3,6-7,9,11-15H2,1-2H3. The van der Waals surface area contributed by atoms with Crippen molar-refractivity contribution in [3.8, 4) is 0 Å². The Labute approximate surface area is 150 Å². The van der Waals surface area contributed by atoms with Crippen LogP contribution in [0.15, 0.2) is 24.3 Å². The SMILES string of the molecule is CCC1CCCCN1C(=O)CCN(CCc1ccccc1F)C(C)=O. The van der Waals surface area contributed by atoms with Gasteiger partial charge in [-0.2, -0.15) is 0 Å². The molecule has 138 valence electrons. The van der Waals surface area contributed by atoms with Gasteiger partial charge in [-0.05, 0) is 43.7 Å². The number of benzene rings is 1. The fourth-order valence-electron chi connectivity index (χ4n) is 3.51. The Kier molecular flexibility index (Phi) is 7.41. The minimum Gasteiger partial charge on any atom is -0.342 e. The summed E-state index contributed by atoms with van der Waals surface area (Å²) >= 11 is 0. The molecule has 2 amide bonds. The van der Waals surface area contributed by atoms with Crippen molar-refractivity contribution in [2.75, 3.05) is 19.6 Å². The summed E-state index contributed by atoms with van der Waals surface area (Å²) in [5, 5.41) is 0. The Bertz CT molecular complexity index is 591. The molecule has 0 bridgehead atoms. The minimum absolute atomic E-state index is 0.0742. The third kappa shape index (κ3) is 5.55. The van der Waals surface area contributed by atoms with Crippen LogP contribution in [0.25, 0.3) is 0 Å². The normalized spacial score (nSPS) is 17.4. The first-order valence-electron chi connectivity index (χ1n) is 9.31. The van der Waals surface area contributed by atoms with E-state index in [9.17, 15) is 14.0 Å². The van der Waals surface area contributed by atoms with Crippen LogP contribution in [0.5, 0.6) is 0 Å². The maximum Gasteiger partial charge on any atom is 0.224 e. The van der Waals surface area contributed by atoms with E-state index in [0.717, 1.165) is 25.8 Å². The maximum absolute atomic E-state index is 13.7. The fraction of sp³-hybridized carbons (Fsp3) is 0.600. The molecule has 1 aliphatic heterocycles. The zero-order valence-corrected chi connectivity index (χ0v) is 15.3. The number of halogens is 1. The molecule has 1 fully saturated rings. The largest absolute Gasteiger partial charge is 0.342 e. The highest BCUT2D eigenvalue weighted by atomic mass is 19.1. The molecule has 4 nitrogen and oxygen atoms in total. The summed E-state index contributed by atoms with van der Waals surface area (Å²) < 4.78 is 13.7. The summed E-state index contributed by atoms with van der Waals surface area (Å²) in [4.78, 5) is 28.1. The van der Waals surface area contributed by atoms with E-state index in [2.05, 4.69) is 6.92 Å². The van der Waals surface area contributed by atoms with Crippen molar-refractivity contribution in [3.63, 3.8) is 0 Å². The van der Waals surface area contributed by atoms with Gasteiger partial charge in [0.25, 0.3) is 0 Å². The summed E-state index contributed by atoms with van der Waals surface area (Å²) in [5.74, 6) is -0.195.